The Morgan fingerprint density at radius 3 is 2.31 bits per heavy atom. The number of carboxylic acid groups (broad SMARTS) is 1. The highest BCUT2D eigenvalue weighted by molar-refractivity contribution is 8.00. The van der Waals surface area contributed by atoms with E-state index in [1.807, 2.05) is 31.2 Å². The minimum atomic E-state index is -1.01. The molecule has 0 spiro atoms. The molecule has 4 rings (SSSR count). The van der Waals surface area contributed by atoms with E-state index in [0.717, 1.165) is 22.3 Å². The van der Waals surface area contributed by atoms with E-state index in [1.54, 1.807) is 6.92 Å². The van der Waals surface area contributed by atoms with Gasteiger partial charge in [-0.25, -0.2) is 9.59 Å². The molecule has 0 aromatic heterocycles. The quantitative estimate of drug-likeness (QED) is 0.693. The zero-order valence-corrected chi connectivity index (χ0v) is 18.8. The summed E-state index contributed by atoms with van der Waals surface area (Å²) in [5, 5.41) is 11.8. The molecule has 32 heavy (non-hydrogen) atoms. The first-order chi connectivity index (χ1) is 15.4. The van der Waals surface area contributed by atoms with Crippen LogP contribution in [-0.2, 0) is 14.3 Å². The van der Waals surface area contributed by atoms with E-state index >= 15 is 0 Å². The molecule has 1 aliphatic heterocycles. The Hall–Kier alpha value is -3.00. The number of ether oxygens (including phenoxy) is 1. The van der Waals surface area contributed by atoms with E-state index in [4.69, 9.17) is 4.74 Å². The summed E-state index contributed by atoms with van der Waals surface area (Å²) in [5.41, 5.74) is 4.57. The van der Waals surface area contributed by atoms with Gasteiger partial charge < -0.3 is 20.1 Å². The van der Waals surface area contributed by atoms with Gasteiger partial charge >= 0.3 is 12.1 Å². The first kappa shape index (κ1) is 22.2. The van der Waals surface area contributed by atoms with Crippen molar-refractivity contribution in [1.82, 2.24) is 10.2 Å². The van der Waals surface area contributed by atoms with Gasteiger partial charge in [0.15, 0.2) is 0 Å². The highest BCUT2D eigenvalue weighted by Crippen LogP contribution is 2.44. The number of aliphatic carboxylic acids is 1. The summed E-state index contributed by atoms with van der Waals surface area (Å²) in [6, 6.07) is 15.4. The third kappa shape index (κ3) is 4.19. The zero-order chi connectivity index (χ0) is 22.8. The molecule has 2 aliphatic rings. The predicted molar refractivity (Wildman–Crippen MR) is 122 cm³/mol. The van der Waals surface area contributed by atoms with Gasteiger partial charge in [-0.15, -0.1) is 11.8 Å². The molecule has 1 saturated heterocycles. The third-order valence-corrected chi connectivity index (χ3v) is 7.30. The van der Waals surface area contributed by atoms with Gasteiger partial charge in [0, 0.05) is 18.2 Å². The molecule has 0 bridgehead atoms. The lowest BCUT2D eigenvalue weighted by Gasteiger charge is -2.28. The van der Waals surface area contributed by atoms with Crippen molar-refractivity contribution in [3.63, 3.8) is 0 Å². The van der Waals surface area contributed by atoms with Crippen LogP contribution in [0.1, 0.15) is 30.9 Å². The van der Waals surface area contributed by atoms with Crippen LogP contribution >= 0.6 is 11.8 Å². The number of hydrogen-bond acceptors (Lipinski definition) is 5. The molecule has 2 amide bonds. The second-order valence-corrected chi connectivity index (χ2v) is 9.49. The van der Waals surface area contributed by atoms with Gasteiger partial charge in [-0.2, -0.15) is 0 Å². The molecular formula is C24H26N2O5S. The molecule has 2 aromatic carbocycles. The summed E-state index contributed by atoms with van der Waals surface area (Å²) >= 11 is 1.44. The molecule has 2 N–H and O–H groups in total. The highest BCUT2D eigenvalue weighted by Gasteiger charge is 2.40. The van der Waals surface area contributed by atoms with Gasteiger partial charge in [0.25, 0.3) is 0 Å². The number of rotatable bonds is 6. The molecule has 3 atom stereocenters. The summed E-state index contributed by atoms with van der Waals surface area (Å²) in [7, 11) is 0. The van der Waals surface area contributed by atoms with Crippen LogP contribution in [0.4, 0.5) is 4.79 Å². The number of nitrogens with one attached hydrogen (secondary N) is 1. The van der Waals surface area contributed by atoms with Crippen molar-refractivity contribution in [2.45, 2.75) is 31.2 Å². The van der Waals surface area contributed by atoms with Gasteiger partial charge in [-0.1, -0.05) is 55.5 Å². The second-order valence-electron chi connectivity index (χ2n) is 8.14. The number of carbonyl (C=O) groups excluding carboxylic acids is 2. The van der Waals surface area contributed by atoms with Crippen LogP contribution in [0.2, 0.25) is 0 Å². The van der Waals surface area contributed by atoms with Crippen molar-refractivity contribution < 1.29 is 24.2 Å². The number of carboxylic acids is 1. The Morgan fingerprint density at radius 2 is 1.72 bits per heavy atom. The lowest BCUT2D eigenvalue weighted by molar-refractivity contribution is -0.150. The van der Waals surface area contributed by atoms with Crippen molar-refractivity contribution in [3.05, 3.63) is 59.7 Å². The average Bonchev–Trinajstić information content (AvgIpc) is 3.33. The van der Waals surface area contributed by atoms with Gasteiger partial charge in [-0.3, -0.25) is 4.79 Å². The molecule has 1 fully saturated rings. The number of carbonyl (C=O) groups is 3. The third-order valence-electron chi connectivity index (χ3n) is 6.08. The van der Waals surface area contributed by atoms with E-state index in [1.165, 1.54) is 16.7 Å². The number of nitrogens with zero attached hydrogens (tertiary/aromatic N) is 1. The monoisotopic (exact) mass is 454 g/mol. The average molecular weight is 455 g/mol. The molecule has 0 saturated carbocycles. The maximum atomic E-state index is 12.8. The van der Waals surface area contributed by atoms with Crippen LogP contribution in [0.3, 0.4) is 0 Å². The van der Waals surface area contributed by atoms with Crippen molar-refractivity contribution >= 4 is 29.7 Å². The molecular weight excluding hydrogens is 428 g/mol. The number of alkyl carbamates (subject to hydrolysis) is 1. The largest absolute Gasteiger partial charge is 0.480 e. The number of hydrogen-bond donors (Lipinski definition) is 2. The Balaban J connectivity index is 1.33. The SMILES string of the molecule is CC(CNC(=O)OCC1c2ccccc2-c2ccccc21)C(=O)N1C(C)SCC1C(=O)O. The summed E-state index contributed by atoms with van der Waals surface area (Å²) in [5.74, 6) is -1.51. The molecule has 1 aliphatic carbocycles. The van der Waals surface area contributed by atoms with Crippen molar-refractivity contribution in [3.8, 4) is 11.1 Å². The van der Waals surface area contributed by atoms with Crippen LogP contribution in [0.25, 0.3) is 11.1 Å². The maximum Gasteiger partial charge on any atom is 0.407 e. The maximum absolute atomic E-state index is 12.8. The number of fused-ring (bicyclic) bond motifs is 3. The zero-order valence-electron chi connectivity index (χ0n) is 18.0. The normalized spacial score (nSPS) is 20.4. The standard InChI is InChI=1S/C24H26N2O5S/c1-14(22(27)26-15(2)32-13-21(26)23(28)29)11-25-24(30)31-12-20-18-9-5-3-7-16(18)17-8-4-6-10-19(17)20/h3-10,14-15,20-21H,11-13H2,1-2H3,(H,25,30)(H,28,29). The summed E-state index contributed by atoms with van der Waals surface area (Å²) in [4.78, 5) is 38.0. The van der Waals surface area contributed by atoms with Gasteiger partial charge in [0.1, 0.15) is 12.6 Å². The first-order valence-corrected chi connectivity index (χ1v) is 11.7. The van der Waals surface area contributed by atoms with E-state index < -0.39 is 24.0 Å². The van der Waals surface area contributed by atoms with Crippen LogP contribution in [0.15, 0.2) is 48.5 Å². The summed E-state index contributed by atoms with van der Waals surface area (Å²) < 4.78 is 5.50. The van der Waals surface area contributed by atoms with E-state index in [2.05, 4.69) is 29.6 Å². The second kappa shape index (κ2) is 9.24. The van der Waals surface area contributed by atoms with Gasteiger partial charge in [0.05, 0.1) is 11.3 Å². The smallest absolute Gasteiger partial charge is 0.407 e. The molecule has 7 nitrogen and oxygen atoms in total. The van der Waals surface area contributed by atoms with E-state index in [9.17, 15) is 19.5 Å². The van der Waals surface area contributed by atoms with Gasteiger partial charge in [-0.05, 0) is 29.2 Å². The number of thioether (sulfide) groups is 1. The molecule has 0 radical (unpaired) electrons. The fraction of sp³-hybridized carbons (Fsp3) is 0.375. The molecule has 168 valence electrons. The van der Waals surface area contributed by atoms with Crippen molar-refractivity contribution in [1.29, 1.82) is 0 Å². The summed E-state index contributed by atoms with van der Waals surface area (Å²) in [6.45, 7) is 3.77. The molecule has 8 heteroatoms. The van der Waals surface area contributed by atoms with Crippen molar-refractivity contribution in [2.75, 3.05) is 18.9 Å². The van der Waals surface area contributed by atoms with Gasteiger partial charge in [0.2, 0.25) is 5.91 Å². The molecule has 2 aromatic rings. The first-order valence-electron chi connectivity index (χ1n) is 10.6. The Morgan fingerprint density at radius 1 is 1.12 bits per heavy atom. The fourth-order valence-electron chi connectivity index (χ4n) is 4.40. The lowest BCUT2D eigenvalue weighted by atomic mass is 9.98. The predicted octanol–water partition coefficient (Wildman–Crippen LogP) is 3.54. The Kier molecular flexibility index (Phi) is 6.41. The number of benzene rings is 2. The van der Waals surface area contributed by atoms with Crippen LogP contribution < -0.4 is 5.32 Å². The summed E-state index contributed by atoms with van der Waals surface area (Å²) in [6.07, 6.45) is -0.592. The van der Waals surface area contributed by atoms with Crippen molar-refractivity contribution in [2.24, 2.45) is 5.92 Å². The Labute approximate surface area is 191 Å². The van der Waals surface area contributed by atoms with Crippen LogP contribution in [-0.4, -0.2) is 58.3 Å². The van der Waals surface area contributed by atoms with Crippen LogP contribution in [0.5, 0.6) is 0 Å². The fourth-order valence-corrected chi connectivity index (χ4v) is 5.57. The molecule has 1 heterocycles. The highest BCUT2D eigenvalue weighted by atomic mass is 32.2. The minimum absolute atomic E-state index is 0.0361. The van der Waals surface area contributed by atoms with E-state index in [0.29, 0.717) is 5.75 Å². The topological polar surface area (TPSA) is 95.9 Å². The molecule has 3 unspecified atom stereocenters. The Bertz CT molecular complexity index is 997. The lowest BCUT2D eigenvalue weighted by Crippen LogP contribution is -2.48. The van der Waals surface area contributed by atoms with Crippen LogP contribution in [0, 0.1) is 5.92 Å². The van der Waals surface area contributed by atoms with E-state index in [-0.39, 0.29) is 30.4 Å². The minimum Gasteiger partial charge on any atom is -0.480 e. The number of amides is 2.